The Morgan fingerprint density at radius 1 is 1.07 bits per heavy atom. The van der Waals surface area contributed by atoms with Crippen molar-refractivity contribution in [2.75, 3.05) is 4.90 Å². The zero-order chi connectivity index (χ0) is 21.2. The van der Waals surface area contributed by atoms with Crippen LogP contribution in [0.5, 0.6) is 0 Å². The Kier molecular flexibility index (Phi) is 6.50. The molecule has 0 unspecified atom stereocenters. The first-order chi connectivity index (χ1) is 13.0. The van der Waals surface area contributed by atoms with Gasteiger partial charge in [-0.15, -0.1) is 0 Å². The Morgan fingerprint density at radius 3 is 2.11 bits per heavy atom. The highest BCUT2D eigenvalue weighted by molar-refractivity contribution is 6.32. The standard InChI is InChI=1S/C22H25ClFNO3/c1-13(2)18-17(12-11-16(24)19(18)23)25(22(5,14(3)4)21(27)28)20(26)15-9-7-6-8-10-15/h6-14H,1-5H3,(H,27,28)/t22-/m0/s1. The average molecular weight is 406 g/mol. The summed E-state index contributed by atoms with van der Waals surface area (Å²) in [5.74, 6) is -2.90. The van der Waals surface area contributed by atoms with E-state index in [9.17, 15) is 19.1 Å². The zero-order valence-electron chi connectivity index (χ0n) is 16.7. The normalized spacial score (nSPS) is 13.5. The van der Waals surface area contributed by atoms with Crippen molar-refractivity contribution < 1.29 is 19.1 Å². The Balaban J connectivity index is 2.86. The number of nitrogens with zero attached hydrogens (tertiary/aromatic N) is 1. The van der Waals surface area contributed by atoms with Crippen molar-refractivity contribution in [2.45, 2.75) is 46.1 Å². The van der Waals surface area contributed by atoms with E-state index in [1.54, 1.807) is 44.2 Å². The fourth-order valence-electron chi connectivity index (χ4n) is 3.18. The van der Waals surface area contributed by atoms with Crippen molar-refractivity contribution in [2.24, 2.45) is 5.92 Å². The highest BCUT2D eigenvalue weighted by Crippen LogP contribution is 2.41. The minimum atomic E-state index is -1.57. The molecular formula is C22H25ClFNO3. The Bertz CT molecular complexity index is 883. The van der Waals surface area contributed by atoms with E-state index < -0.39 is 29.2 Å². The molecule has 0 bridgehead atoms. The lowest BCUT2D eigenvalue weighted by atomic mass is 9.84. The van der Waals surface area contributed by atoms with E-state index in [-0.39, 0.29) is 10.9 Å². The van der Waals surface area contributed by atoms with Gasteiger partial charge in [0.15, 0.2) is 0 Å². The van der Waals surface area contributed by atoms with Crippen molar-refractivity contribution in [3.05, 3.63) is 64.4 Å². The first-order valence-corrected chi connectivity index (χ1v) is 9.52. The summed E-state index contributed by atoms with van der Waals surface area (Å²) in [5.41, 5.74) is -0.531. The van der Waals surface area contributed by atoms with Gasteiger partial charge in [0.1, 0.15) is 11.4 Å². The van der Waals surface area contributed by atoms with Crippen LogP contribution in [0, 0.1) is 11.7 Å². The van der Waals surface area contributed by atoms with Crippen molar-refractivity contribution in [1.29, 1.82) is 0 Å². The lowest BCUT2D eigenvalue weighted by Gasteiger charge is -2.42. The fraction of sp³-hybridized carbons (Fsp3) is 0.364. The number of aliphatic carboxylic acids is 1. The van der Waals surface area contributed by atoms with Gasteiger partial charge in [-0.3, -0.25) is 9.69 Å². The molecule has 0 heterocycles. The number of carboxylic acid groups (broad SMARTS) is 1. The summed E-state index contributed by atoms with van der Waals surface area (Å²) in [7, 11) is 0. The second-order valence-electron chi connectivity index (χ2n) is 7.56. The van der Waals surface area contributed by atoms with Gasteiger partial charge in [-0.1, -0.05) is 57.5 Å². The molecule has 1 amide bonds. The van der Waals surface area contributed by atoms with Gasteiger partial charge in [0.25, 0.3) is 5.91 Å². The van der Waals surface area contributed by atoms with Gasteiger partial charge in [0.05, 0.1) is 10.7 Å². The van der Waals surface area contributed by atoms with Crippen LogP contribution in [-0.2, 0) is 4.79 Å². The number of carbonyl (C=O) groups is 2. The summed E-state index contributed by atoms with van der Waals surface area (Å²) >= 11 is 6.24. The van der Waals surface area contributed by atoms with Crippen LogP contribution in [0.2, 0.25) is 5.02 Å². The zero-order valence-corrected chi connectivity index (χ0v) is 17.4. The smallest absolute Gasteiger partial charge is 0.329 e. The van der Waals surface area contributed by atoms with E-state index in [0.717, 1.165) is 6.07 Å². The number of carbonyl (C=O) groups excluding carboxylic acids is 1. The van der Waals surface area contributed by atoms with Crippen LogP contribution in [0.4, 0.5) is 10.1 Å². The SMILES string of the molecule is CC(C)c1c(N(C(=O)c2ccccc2)[C@](C)(C(=O)O)C(C)C)ccc(F)c1Cl. The number of anilines is 1. The third-order valence-electron chi connectivity index (χ3n) is 5.17. The van der Waals surface area contributed by atoms with Crippen molar-refractivity contribution >= 4 is 29.2 Å². The molecule has 4 nitrogen and oxygen atoms in total. The molecular weight excluding hydrogens is 381 g/mol. The molecule has 6 heteroatoms. The lowest BCUT2D eigenvalue weighted by molar-refractivity contribution is -0.144. The molecule has 0 aliphatic rings. The number of hydrogen-bond acceptors (Lipinski definition) is 2. The van der Waals surface area contributed by atoms with E-state index >= 15 is 0 Å². The molecule has 2 aromatic rings. The Morgan fingerprint density at radius 2 is 1.64 bits per heavy atom. The topological polar surface area (TPSA) is 57.6 Å². The monoisotopic (exact) mass is 405 g/mol. The number of rotatable bonds is 6. The van der Waals surface area contributed by atoms with Crippen LogP contribution in [0.15, 0.2) is 42.5 Å². The van der Waals surface area contributed by atoms with Crippen LogP contribution in [0.25, 0.3) is 0 Å². The first-order valence-electron chi connectivity index (χ1n) is 9.14. The quantitative estimate of drug-likeness (QED) is 0.665. The van der Waals surface area contributed by atoms with Crippen LogP contribution in [0.1, 0.15) is 56.5 Å². The lowest BCUT2D eigenvalue weighted by Crippen LogP contribution is -2.59. The summed E-state index contributed by atoms with van der Waals surface area (Å²) < 4.78 is 14.2. The van der Waals surface area contributed by atoms with Gasteiger partial charge in [-0.05, 0) is 43.0 Å². The molecule has 0 aromatic heterocycles. The maximum atomic E-state index is 14.2. The maximum absolute atomic E-state index is 14.2. The third-order valence-corrected chi connectivity index (χ3v) is 5.56. The van der Waals surface area contributed by atoms with E-state index in [1.165, 1.54) is 17.9 Å². The minimum Gasteiger partial charge on any atom is -0.479 e. The van der Waals surface area contributed by atoms with Gasteiger partial charge in [0.2, 0.25) is 0 Å². The fourth-order valence-corrected chi connectivity index (χ4v) is 3.56. The van der Waals surface area contributed by atoms with Gasteiger partial charge >= 0.3 is 5.97 Å². The van der Waals surface area contributed by atoms with Gasteiger partial charge in [-0.2, -0.15) is 0 Å². The molecule has 0 aliphatic carbocycles. The summed E-state index contributed by atoms with van der Waals surface area (Å²) in [6.45, 7) is 8.62. The second kappa shape index (κ2) is 8.31. The molecule has 28 heavy (non-hydrogen) atoms. The second-order valence-corrected chi connectivity index (χ2v) is 7.94. The number of hydrogen-bond donors (Lipinski definition) is 1. The first kappa shape index (κ1) is 21.9. The number of carboxylic acids is 1. The summed E-state index contributed by atoms with van der Waals surface area (Å²) in [4.78, 5) is 27.1. The van der Waals surface area contributed by atoms with E-state index in [0.29, 0.717) is 16.8 Å². The molecule has 2 aromatic carbocycles. The van der Waals surface area contributed by atoms with Gasteiger partial charge in [0, 0.05) is 11.1 Å². The predicted octanol–water partition coefficient (Wildman–Crippen LogP) is 5.75. The third kappa shape index (κ3) is 3.76. The Hall–Kier alpha value is -2.40. The van der Waals surface area contributed by atoms with E-state index in [1.807, 2.05) is 13.8 Å². The molecule has 0 fully saturated rings. The van der Waals surface area contributed by atoms with Crippen LogP contribution in [0.3, 0.4) is 0 Å². The van der Waals surface area contributed by atoms with Crippen molar-refractivity contribution in [1.82, 2.24) is 0 Å². The van der Waals surface area contributed by atoms with Crippen molar-refractivity contribution in [3.8, 4) is 0 Å². The molecule has 0 spiro atoms. The molecule has 0 aliphatic heterocycles. The predicted molar refractivity (Wildman–Crippen MR) is 110 cm³/mol. The number of benzene rings is 2. The van der Waals surface area contributed by atoms with E-state index in [2.05, 4.69) is 0 Å². The van der Waals surface area contributed by atoms with Gasteiger partial charge in [-0.25, -0.2) is 9.18 Å². The largest absolute Gasteiger partial charge is 0.479 e. The van der Waals surface area contributed by atoms with Gasteiger partial charge < -0.3 is 5.11 Å². The average Bonchev–Trinajstić information content (AvgIpc) is 2.64. The minimum absolute atomic E-state index is 0.102. The molecule has 0 saturated heterocycles. The molecule has 2 rings (SSSR count). The van der Waals surface area contributed by atoms with E-state index in [4.69, 9.17) is 11.6 Å². The molecule has 150 valence electrons. The van der Waals surface area contributed by atoms with Crippen molar-refractivity contribution in [3.63, 3.8) is 0 Å². The summed E-state index contributed by atoms with van der Waals surface area (Å²) in [6.07, 6.45) is 0. The van der Waals surface area contributed by atoms with Crippen LogP contribution in [-0.4, -0.2) is 22.5 Å². The summed E-state index contributed by atoms with van der Waals surface area (Å²) in [6, 6.07) is 11.0. The van der Waals surface area contributed by atoms with Crippen LogP contribution < -0.4 is 4.90 Å². The molecule has 0 saturated carbocycles. The highest BCUT2D eigenvalue weighted by atomic mass is 35.5. The molecule has 1 atom stereocenters. The molecule has 0 radical (unpaired) electrons. The highest BCUT2D eigenvalue weighted by Gasteiger charge is 2.47. The maximum Gasteiger partial charge on any atom is 0.329 e. The van der Waals surface area contributed by atoms with Crippen LogP contribution >= 0.6 is 11.6 Å². The summed E-state index contributed by atoms with van der Waals surface area (Å²) in [5, 5.41) is 9.98. The Labute approximate surface area is 169 Å². The molecule has 1 N–H and O–H groups in total. The number of amides is 1. The number of halogens is 2.